The molecule has 2 atom stereocenters. The lowest BCUT2D eigenvalue weighted by molar-refractivity contribution is -0.126. The first-order valence-electron chi connectivity index (χ1n) is 12.8. The fourth-order valence-corrected chi connectivity index (χ4v) is 5.39. The second kappa shape index (κ2) is 9.56. The number of fused-ring (bicyclic) bond motifs is 2. The van der Waals surface area contributed by atoms with E-state index in [1.165, 1.54) is 0 Å². The number of hydrogen-bond donors (Lipinski definition) is 0. The Morgan fingerprint density at radius 1 is 0.842 bits per heavy atom. The Balaban J connectivity index is 1.50. The normalized spacial score (nSPS) is 18.7. The van der Waals surface area contributed by atoms with Gasteiger partial charge >= 0.3 is 0 Å². The summed E-state index contributed by atoms with van der Waals surface area (Å²) >= 11 is 0. The van der Waals surface area contributed by atoms with Gasteiger partial charge in [0, 0.05) is 22.8 Å². The zero-order chi connectivity index (χ0) is 27.2. The number of anilines is 2. The van der Waals surface area contributed by atoms with Gasteiger partial charge in [-0.3, -0.25) is 24.1 Å². The van der Waals surface area contributed by atoms with Gasteiger partial charge in [-0.2, -0.15) is 0 Å². The van der Waals surface area contributed by atoms with Crippen LogP contribution in [-0.2, 0) is 9.59 Å². The largest absolute Gasteiger partial charge is 0.308 e. The first-order chi connectivity index (χ1) is 18.1. The zero-order valence-electron chi connectivity index (χ0n) is 22.0. The van der Waals surface area contributed by atoms with E-state index in [-0.39, 0.29) is 30.4 Å². The van der Waals surface area contributed by atoms with E-state index in [9.17, 15) is 19.2 Å². The van der Waals surface area contributed by atoms with E-state index >= 15 is 0 Å². The van der Waals surface area contributed by atoms with Crippen molar-refractivity contribution < 1.29 is 19.2 Å². The van der Waals surface area contributed by atoms with Crippen LogP contribution in [0.4, 0.5) is 11.4 Å². The second-order valence-electron chi connectivity index (χ2n) is 10.9. The van der Waals surface area contributed by atoms with Crippen LogP contribution in [0.2, 0.25) is 0 Å². The minimum atomic E-state index is -0.619. The monoisotopic (exact) mass is 509 g/mol. The summed E-state index contributed by atoms with van der Waals surface area (Å²) in [6.45, 7) is 7.30. The number of hydrogen-bond acceptors (Lipinski definition) is 4. The fraction of sp³-hybridized carbons (Fsp3) is 0.290. The number of benzene rings is 3. The molecule has 2 aliphatic heterocycles. The Kier molecular flexibility index (Phi) is 6.39. The molecule has 3 aromatic carbocycles. The van der Waals surface area contributed by atoms with Crippen LogP contribution in [0, 0.1) is 5.41 Å². The van der Waals surface area contributed by atoms with Gasteiger partial charge in [-0.05, 0) is 49.2 Å². The molecule has 0 saturated heterocycles. The number of carbonyl (C=O) groups is 4. The van der Waals surface area contributed by atoms with Crippen molar-refractivity contribution in [3.8, 4) is 0 Å². The Labute approximate surface area is 222 Å². The fourth-order valence-electron chi connectivity index (χ4n) is 5.39. The molecule has 38 heavy (non-hydrogen) atoms. The van der Waals surface area contributed by atoms with Crippen molar-refractivity contribution in [1.82, 2.24) is 4.90 Å². The predicted octanol–water partition coefficient (Wildman–Crippen LogP) is 5.23. The summed E-state index contributed by atoms with van der Waals surface area (Å²) in [7, 11) is 0. The Bertz CT molecular complexity index is 1390. The number of nitrogens with zero attached hydrogens (tertiary/aromatic N) is 3. The van der Waals surface area contributed by atoms with Crippen molar-refractivity contribution in [2.75, 3.05) is 16.3 Å². The van der Waals surface area contributed by atoms with Crippen molar-refractivity contribution >= 4 is 35.0 Å². The molecular formula is C31H31N3O4. The molecule has 0 aromatic heterocycles. The van der Waals surface area contributed by atoms with E-state index in [0.717, 1.165) is 16.2 Å². The van der Waals surface area contributed by atoms with Gasteiger partial charge < -0.3 is 9.80 Å². The standard InChI is InChI=1S/C31H31N3O4/c1-20-18-26(34(30(38)31(2,3)4)21-12-6-5-7-13-21)24-16-10-11-17-25(24)33(20)27(35)19-32-28(36)22-14-8-9-15-23(22)29(32)37/h5-17,20,26H,18-19H2,1-4H3/t20-,26-/m1/s1. The molecule has 0 unspecified atom stereocenters. The van der Waals surface area contributed by atoms with E-state index in [1.54, 1.807) is 29.2 Å². The smallest absolute Gasteiger partial charge is 0.262 e. The van der Waals surface area contributed by atoms with Gasteiger partial charge in [0.05, 0.1) is 17.2 Å². The lowest BCUT2D eigenvalue weighted by Gasteiger charge is -2.45. The van der Waals surface area contributed by atoms with Crippen LogP contribution < -0.4 is 9.80 Å². The number of rotatable bonds is 4. The zero-order valence-corrected chi connectivity index (χ0v) is 22.0. The first-order valence-corrected chi connectivity index (χ1v) is 12.8. The van der Waals surface area contributed by atoms with E-state index in [0.29, 0.717) is 23.2 Å². The van der Waals surface area contributed by atoms with Crippen LogP contribution in [0.25, 0.3) is 0 Å². The minimum absolute atomic E-state index is 0.0125. The van der Waals surface area contributed by atoms with E-state index < -0.39 is 17.2 Å². The van der Waals surface area contributed by atoms with Gasteiger partial charge in [-0.15, -0.1) is 0 Å². The van der Waals surface area contributed by atoms with Gasteiger partial charge in [-0.1, -0.05) is 69.3 Å². The van der Waals surface area contributed by atoms with E-state index in [4.69, 9.17) is 0 Å². The van der Waals surface area contributed by atoms with Crippen molar-refractivity contribution in [2.24, 2.45) is 5.41 Å². The number of imide groups is 1. The number of amides is 4. The first kappa shape index (κ1) is 25.4. The Morgan fingerprint density at radius 2 is 1.39 bits per heavy atom. The highest BCUT2D eigenvalue weighted by molar-refractivity contribution is 6.22. The molecule has 0 fully saturated rings. The van der Waals surface area contributed by atoms with Crippen LogP contribution >= 0.6 is 0 Å². The molecule has 4 amide bonds. The molecule has 194 valence electrons. The molecule has 2 aliphatic rings. The average Bonchev–Trinajstić information content (AvgIpc) is 3.13. The van der Waals surface area contributed by atoms with E-state index in [1.807, 2.05) is 87.2 Å². The predicted molar refractivity (Wildman–Crippen MR) is 146 cm³/mol. The molecule has 0 bridgehead atoms. The summed E-state index contributed by atoms with van der Waals surface area (Å²) < 4.78 is 0. The summed E-state index contributed by atoms with van der Waals surface area (Å²) in [5.41, 5.74) is 2.34. The van der Waals surface area contributed by atoms with Crippen molar-refractivity contribution in [3.05, 3.63) is 95.6 Å². The second-order valence-corrected chi connectivity index (χ2v) is 10.9. The SMILES string of the molecule is C[C@@H]1C[C@@H](N(C(=O)C(C)(C)C)c2ccccc2)c2ccccc2N1C(=O)CN1C(=O)c2ccccc2C1=O. The van der Waals surface area contributed by atoms with Crippen molar-refractivity contribution in [1.29, 1.82) is 0 Å². The summed E-state index contributed by atoms with van der Waals surface area (Å²) in [5.74, 6) is -1.27. The highest BCUT2D eigenvalue weighted by Gasteiger charge is 2.43. The maximum Gasteiger partial charge on any atom is 0.262 e. The van der Waals surface area contributed by atoms with Crippen molar-refractivity contribution in [2.45, 2.75) is 46.2 Å². The van der Waals surface area contributed by atoms with Gasteiger partial charge in [0.25, 0.3) is 11.8 Å². The van der Waals surface area contributed by atoms with Gasteiger partial charge in [0.1, 0.15) is 6.54 Å². The molecule has 0 aliphatic carbocycles. The average molecular weight is 510 g/mol. The molecule has 7 heteroatoms. The van der Waals surface area contributed by atoms with Crippen LogP contribution in [0.1, 0.15) is 66.4 Å². The summed E-state index contributed by atoms with van der Waals surface area (Å²) in [6.07, 6.45) is 0.502. The van der Waals surface area contributed by atoms with Crippen LogP contribution in [0.15, 0.2) is 78.9 Å². The molecular weight excluding hydrogens is 478 g/mol. The van der Waals surface area contributed by atoms with Gasteiger partial charge in [-0.25, -0.2) is 0 Å². The molecule has 7 nitrogen and oxygen atoms in total. The quantitative estimate of drug-likeness (QED) is 0.452. The topological polar surface area (TPSA) is 78.0 Å². The molecule has 5 rings (SSSR count). The molecule has 0 N–H and O–H groups in total. The van der Waals surface area contributed by atoms with Crippen LogP contribution in [0.5, 0.6) is 0 Å². The van der Waals surface area contributed by atoms with Gasteiger partial charge in [0.15, 0.2) is 0 Å². The lowest BCUT2D eigenvalue weighted by atomic mass is 9.87. The summed E-state index contributed by atoms with van der Waals surface area (Å²) in [4.78, 5) is 57.8. The summed E-state index contributed by atoms with van der Waals surface area (Å²) in [5, 5.41) is 0. The maximum absolute atomic E-state index is 13.8. The maximum atomic E-state index is 13.8. The highest BCUT2D eigenvalue weighted by atomic mass is 16.2. The minimum Gasteiger partial charge on any atom is -0.308 e. The molecule has 0 radical (unpaired) electrons. The number of carbonyl (C=O) groups excluding carboxylic acids is 4. The Hall–Kier alpha value is -4.26. The van der Waals surface area contributed by atoms with Crippen LogP contribution in [-0.4, -0.2) is 41.1 Å². The Morgan fingerprint density at radius 3 is 2.00 bits per heavy atom. The number of para-hydroxylation sites is 2. The van der Waals surface area contributed by atoms with Gasteiger partial charge in [0.2, 0.25) is 11.8 Å². The molecule has 0 spiro atoms. The third kappa shape index (κ3) is 4.28. The summed E-state index contributed by atoms with van der Waals surface area (Å²) in [6, 6.07) is 23.2. The third-order valence-electron chi connectivity index (χ3n) is 7.21. The van der Waals surface area contributed by atoms with Crippen LogP contribution in [0.3, 0.4) is 0 Å². The van der Waals surface area contributed by atoms with E-state index in [2.05, 4.69) is 0 Å². The molecule has 3 aromatic rings. The van der Waals surface area contributed by atoms with Crippen molar-refractivity contribution in [3.63, 3.8) is 0 Å². The lowest BCUT2D eigenvalue weighted by Crippen LogP contribution is -2.52. The molecule has 0 saturated carbocycles. The highest BCUT2D eigenvalue weighted by Crippen LogP contribution is 2.43. The third-order valence-corrected chi connectivity index (χ3v) is 7.21. The molecule has 2 heterocycles.